The lowest BCUT2D eigenvalue weighted by atomic mass is 10.1. The molecule has 0 radical (unpaired) electrons. The van der Waals surface area contributed by atoms with Crippen LogP contribution in [0.2, 0.25) is 10.0 Å². The van der Waals surface area contributed by atoms with Gasteiger partial charge in [0.2, 0.25) is 0 Å². The molecule has 0 spiro atoms. The van der Waals surface area contributed by atoms with Gasteiger partial charge in [0.05, 0.1) is 21.3 Å². The van der Waals surface area contributed by atoms with Gasteiger partial charge >= 0.3 is 5.97 Å². The van der Waals surface area contributed by atoms with Crippen LogP contribution in [0.1, 0.15) is 15.9 Å². The molecular formula is C23H16Cl2IN3O6S. The number of aliphatic carboxylic acids is 1. The first-order valence-corrected chi connectivity index (χ1v) is 13.5. The number of aromatic nitrogens is 1. The molecule has 0 saturated heterocycles. The number of amides is 1. The number of carboxylic acid groups (broad SMARTS) is 1. The summed E-state index contributed by atoms with van der Waals surface area (Å²) in [6.45, 7) is 0. The molecule has 0 saturated carbocycles. The molecule has 4 aromatic rings. The third-order valence-electron chi connectivity index (χ3n) is 5.11. The van der Waals surface area contributed by atoms with Gasteiger partial charge < -0.3 is 14.8 Å². The normalized spacial score (nSPS) is 12.3. The molecule has 0 bridgehead atoms. The van der Waals surface area contributed by atoms with Crippen LogP contribution in [0.15, 0.2) is 70.3 Å². The first-order chi connectivity index (χ1) is 17.0. The van der Waals surface area contributed by atoms with Crippen molar-refractivity contribution in [1.82, 2.24) is 10.3 Å². The van der Waals surface area contributed by atoms with E-state index in [9.17, 15) is 23.1 Å². The molecule has 1 atom stereocenters. The first-order valence-electron chi connectivity index (χ1n) is 10.2. The van der Waals surface area contributed by atoms with Crippen LogP contribution in [0.4, 0.5) is 5.69 Å². The molecule has 13 heteroatoms. The molecule has 36 heavy (non-hydrogen) atoms. The van der Waals surface area contributed by atoms with Gasteiger partial charge in [-0.15, -0.1) is 0 Å². The first kappa shape index (κ1) is 26.2. The summed E-state index contributed by atoms with van der Waals surface area (Å²) in [5, 5.41) is 12.7. The standard InChI is InChI=1S/C23H16Cl2IN3O6S/c24-15-7-4-12(8-16(15)25)9-18(23(31)32)28-22(30)14-6-5-13(26)10-17(14)29-36(33,34)20-3-1-2-19-21(20)27-11-35-19/h1-8,10-11,18,29H,9H2,(H,28,30)(H,31,32). The Hall–Kier alpha value is -2.87. The zero-order valence-electron chi connectivity index (χ0n) is 18.0. The van der Waals surface area contributed by atoms with E-state index >= 15 is 0 Å². The number of para-hydroxylation sites is 1. The maximum atomic E-state index is 13.2. The van der Waals surface area contributed by atoms with Gasteiger partial charge in [0.25, 0.3) is 15.9 Å². The molecule has 1 heterocycles. The van der Waals surface area contributed by atoms with E-state index in [2.05, 4.69) is 15.0 Å². The van der Waals surface area contributed by atoms with Crippen LogP contribution >= 0.6 is 45.8 Å². The average Bonchev–Trinajstić information content (AvgIpc) is 3.29. The summed E-state index contributed by atoms with van der Waals surface area (Å²) < 4.78 is 34.6. The Morgan fingerprint density at radius 2 is 1.86 bits per heavy atom. The number of halogens is 3. The Morgan fingerprint density at radius 3 is 2.58 bits per heavy atom. The lowest BCUT2D eigenvalue weighted by Crippen LogP contribution is -2.42. The molecule has 0 fully saturated rings. The van der Waals surface area contributed by atoms with E-state index < -0.39 is 27.9 Å². The maximum Gasteiger partial charge on any atom is 0.326 e. The van der Waals surface area contributed by atoms with Gasteiger partial charge in [-0.2, -0.15) is 0 Å². The second-order valence-electron chi connectivity index (χ2n) is 7.57. The van der Waals surface area contributed by atoms with Gasteiger partial charge in [0.15, 0.2) is 12.0 Å². The number of nitrogens with one attached hydrogen (secondary N) is 2. The van der Waals surface area contributed by atoms with Crippen molar-refractivity contribution in [3.8, 4) is 0 Å². The smallest absolute Gasteiger partial charge is 0.326 e. The molecule has 0 aliphatic rings. The van der Waals surface area contributed by atoms with Gasteiger partial charge in [0, 0.05) is 9.99 Å². The number of hydrogen-bond acceptors (Lipinski definition) is 6. The highest BCUT2D eigenvalue weighted by Crippen LogP contribution is 2.27. The van der Waals surface area contributed by atoms with Gasteiger partial charge in [0.1, 0.15) is 16.5 Å². The molecule has 0 aliphatic carbocycles. The summed E-state index contributed by atoms with van der Waals surface area (Å²) >= 11 is 13.9. The van der Waals surface area contributed by atoms with Gasteiger partial charge in [-0.1, -0.05) is 35.3 Å². The molecule has 3 N–H and O–H groups in total. The highest BCUT2D eigenvalue weighted by Gasteiger charge is 2.26. The summed E-state index contributed by atoms with van der Waals surface area (Å²) in [5.41, 5.74) is 0.867. The molecule has 1 unspecified atom stereocenters. The fourth-order valence-electron chi connectivity index (χ4n) is 3.41. The minimum atomic E-state index is -4.18. The monoisotopic (exact) mass is 659 g/mol. The fraction of sp³-hybridized carbons (Fsp3) is 0.0870. The number of nitrogens with zero attached hydrogens (tertiary/aromatic N) is 1. The van der Waals surface area contributed by atoms with E-state index in [0.717, 1.165) is 6.39 Å². The van der Waals surface area contributed by atoms with Crippen molar-refractivity contribution in [2.24, 2.45) is 0 Å². The Morgan fingerprint density at radius 1 is 1.08 bits per heavy atom. The Kier molecular flexibility index (Phi) is 7.73. The zero-order valence-corrected chi connectivity index (χ0v) is 22.5. The van der Waals surface area contributed by atoms with E-state index in [1.807, 2.05) is 22.6 Å². The summed E-state index contributed by atoms with van der Waals surface area (Å²) in [7, 11) is -4.18. The number of carbonyl (C=O) groups is 2. The van der Waals surface area contributed by atoms with Crippen LogP contribution in [-0.2, 0) is 21.2 Å². The number of hydrogen-bond donors (Lipinski definition) is 3. The Bertz CT molecular complexity index is 1590. The SMILES string of the molecule is O=C(NC(Cc1ccc(Cl)c(Cl)c1)C(=O)O)c1ccc(I)cc1NS(=O)(=O)c1cccc2ocnc12. The highest BCUT2D eigenvalue weighted by atomic mass is 127. The van der Waals surface area contributed by atoms with E-state index in [0.29, 0.717) is 14.2 Å². The Labute approximate surface area is 229 Å². The maximum absolute atomic E-state index is 13.2. The molecule has 3 aromatic carbocycles. The number of oxazole rings is 1. The summed E-state index contributed by atoms with van der Waals surface area (Å²) in [6.07, 6.45) is 1.06. The van der Waals surface area contributed by atoms with Crippen molar-refractivity contribution in [3.63, 3.8) is 0 Å². The lowest BCUT2D eigenvalue weighted by Gasteiger charge is -2.17. The molecule has 186 valence electrons. The van der Waals surface area contributed by atoms with Crippen molar-refractivity contribution in [2.75, 3.05) is 4.72 Å². The van der Waals surface area contributed by atoms with Gasteiger partial charge in [-0.3, -0.25) is 9.52 Å². The topological polar surface area (TPSA) is 139 Å². The Balaban J connectivity index is 1.62. The number of rotatable bonds is 8. The van der Waals surface area contributed by atoms with Gasteiger partial charge in [-0.05, 0) is 70.6 Å². The quantitative estimate of drug-likeness (QED) is 0.227. The second-order valence-corrected chi connectivity index (χ2v) is 11.3. The molecule has 1 amide bonds. The zero-order chi connectivity index (χ0) is 26.0. The predicted octanol–water partition coefficient (Wildman–Crippen LogP) is 4.97. The van der Waals surface area contributed by atoms with Gasteiger partial charge in [-0.25, -0.2) is 18.2 Å². The third kappa shape index (κ3) is 5.75. The third-order valence-corrected chi connectivity index (χ3v) is 7.92. The number of carbonyl (C=O) groups excluding carboxylic acids is 1. The van der Waals surface area contributed by atoms with Crippen molar-refractivity contribution in [2.45, 2.75) is 17.4 Å². The number of anilines is 1. The summed E-state index contributed by atoms with van der Waals surface area (Å²) in [6, 6.07) is 12.2. The lowest BCUT2D eigenvalue weighted by molar-refractivity contribution is -0.139. The minimum Gasteiger partial charge on any atom is -0.480 e. The van der Waals surface area contributed by atoms with Crippen LogP contribution < -0.4 is 10.0 Å². The van der Waals surface area contributed by atoms with Crippen LogP contribution in [0.5, 0.6) is 0 Å². The molecule has 9 nitrogen and oxygen atoms in total. The molecular weight excluding hydrogens is 644 g/mol. The molecule has 0 aliphatic heterocycles. The summed E-state index contributed by atoms with van der Waals surface area (Å²) in [5.74, 6) is -2.06. The predicted molar refractivity (Wildman–Crippen MR) is 143 cm³/mol. The fourth-order valence-corrected chi connectivity index (χ4v) is 5.46. The van der Waals surface area contributed by atoms with E-state index in [4.69, 9.17) is 27.6 Å². The van der Waals surface area contributed by atoms with Crippen molar-refractivity contribution in [1.29, 1.82) is 0 Å². The van der Waals surface area contributed by atoms with Crippen LogP contribution in [0.3, 0.4) is 0 Å². The van der Waals surface area contributed by atoms with E-state index in [1.165, 1.54) is 36.4 Å². The largest absolute Gasteiger partial charge is 0.480 e. The highest BCUT2D eigenvalue weighted by molar-refractivity contribution is 14.1. The molecule has 4 rings (SSSR count). The van der Waals surface area contributed by atoms with Crippen LogP contribution in [0.25, 0.3) is 11.1 Å². The average molecular weight is 660 g/mol. The minimum absolute atomic E-state index is 0.0291. The van der Waals surface area contributed by atoms with Crippen molar-refractivity contribution >= 4 is 84.5 Å². The number of sulfonamides is 1. The van der Waals surface area contributed by atoms with Crippen LogP contribution in [-0.4, -0.2) is 36.4 Å². The number of carboxylic acids is 1. The van der Waals surface area contributed by atoms with E-state index in [1.54, 1.807) is 18.2 Å². The van der Waals surface area contributed by atoms with Crippen molar-refractivity contribution < 1.29 is 27.5 Å². The van der Waals surface area contributed by atoms with Crippen LogP contribution in [0, 0.1) is 3.57 Å². The molecule has 1 aromatic heterocycles. The number of fused-ring (bicyclic) bond motifs is 1. The summed E-state index contributed by atoms with van der Waals surface area (Å²) in [4.78, 5) is 28.8. The second kappa shape index (κ2) is 10.6. The van der Waals surface area contributed by atoms with E-state index in [-0.39, 0.29) is 38.7 Å². The number of benzene rings is 3. The van der Waals surface area contributed by atoms with Crippen molar-refractivity contribution in [3.05, 3.63) is 85.7 Å².